The lowest BCUT2D eigenvalue weighted by molar-refractivity contribution is -0.123. The van der Waals surface area contributed by atoms with Crippen LogP contribution in [-0.2, 0) is 10.2 Å². The summed E-state index contributed by atoms with van der Waals surface area (Å²) in [5, 5.41) is 6.98. The molecule has 4 heterocycles. The molecule has 0 bridgehead atoms. The SMILES string of the molecule is CNC(C)c1cc(Nc2nc(-c3ccc4c(c3)N(C3CC(N5CC[C@@H](C(F)F)C5)C3)C(=O)C4(C)C)cc3ncn(C(C)C)c23)ccc1C. The van der Waals surface area contributed by atoms with Crippen LogP contribution in [0, 0.1) is 12.8 Å². The Bertz CT molecular complexity index is 1860. The third-order valence-electron chi connectivity index (χ3n) is 11.1. The van der Waals surface area contributed by atoms with E-state index in [-0.39, 0.29) is 30.1 Å². The van der Waals surface area contributed by atoms with E-state index in [4.69, 9.17) is 9.97 Å². The lowest BCUT2D eigenvalue weighted by Gasteiger charge is -2.46. The van der Waals surface area contributed by atoms with Crippen molar-refractivity contribution in [3.05, 3.63) is 65.5 Å². The van der Waals surface area contributed by atoms with Gasteiger partial charge in [0.25, 0.3) is 0 Å². The number of alkyl halides is 2. The lowest BCUT2D eigenvalue weighted by atomic mass is 9.83. The van der Waals surface area contributed by atoms with Crippen LogP contribution in [0.1, 0.15) is 82.7 Å². The summed E-state index contributed by atoms with van der Waals surface area (Å²) in [6.45, 7) is 13.7. The molecule has 2 aromatic carbocycles. The van der Waals surface area contributed by atoms with Gasteiger partial charge in [0.15, 0.2) is 5.82 Å². The molecule has 4 aromatic rings. The number of aryl methyl sites for hydroxylation is 1. The first kappa shape index (κ1) is 32.6. The van der Waals surface area contributed by atoms with E-state index in [0.29, 0.717) is 19.5 Å². The van der Waals surface area contributed by atoms with E-state index in [2.05, 4.69) is 84.2 Å². The second-order valence-corrected chi connectivity index (χ2v) is 14.9. The fourth-order valence-electron chi connectivity index (χ4n) is 7.89. The van der Waals surface area contributed by atoms with Crippen LogP contribution in [0.4, 0.5) is 26.0 Å². The van der Waals surface area contributed by atoms with Gasteiger partial charge in [-0.2, -0.15) is 0 Å². The normalized spacial score (nSPS) is 22.9. The molecule has 2 fully saturated rings. The molecule has 1 aliphatic carbocycles. The van der Waals surface area contributed by atoms with Crippen LogP contribution in [0.5, 0.6) is 0 Å². The summed E-state index contributed by atoms with van der Waals surface area (Å²) in [5.74, 6) is 0.280. The van der Waals surface area contributed by atoms with Crippen LogP contribution in [0.25, 0.3) is 22.3 Å². The summed E-state index contributed by atoms with van der Waals surface area (Å²) in [7, 11) is 1.97. The number of halogens is 2. The first-order valence-corrected chi connectivity index (χ1v) is 17.3. The van der Waals surface area contributed by atoms with E-state index in [0.717, 1.165) is 57.9 Å². The topological polar surface area (TPSA) is 78.3 Å². The molecule has 48 heavy (non-hydrogen) atoms. The third-order valence-corrected chi connectivity index (χ3v) is 11.1. The van der Waals surface area contributed by atoms with Crippen molar-refractivity contribution in [1.29, 1.82) is 0 Å². The van der Waals surface area contributed by atoms with Crippen molar-refractivity contribution in [3.63, 3.8) is 0 Å². The molecule has 2 aliphatic heterocycles. The molecule has 2 atom stereocenters. The number of hydrogen-bond acceptors (Lipinski definition) is 6. The van der Waals surface area contributed by atoms with Crippen molar-refractivity contribution in [2.24, 2.45) is 5.92 Å². The number of hydrogen-bond donors (Lipinski definition) is 2. The van der Waals surface area contributed by atoms with Gasteiger partial charge in [0.05, 0.1) is 23.0 Å². The average molecular weight is 656 g/mol. The molecule has 254 valence electrons. The zero-order valence-corrected chi connectivity index (χ0v) is 29.0. The van der Waals surface area contributed by atoms with Crippen molar-refractivity contribution in [1.82, 2.24) is 24.8 Å². The quantitative estimate of drug-likeness (QED) is 0.192. The molecular formula is C38H47F2N7O. The third kappa shape index (κ3) is 5.47. The Balaban J connectivity index is 1.23. The molecule has 0 radical (unpaired) electrons. The van der Waals surface area contributed by atoms with Gasteiger partial charge in [0.2, 0.25) is 12.3 Å². The number of rotatable bonds is 9. The highest BCUT2D eigenvalue weighted by Crippen LogP contribution is 2.48. The molecule has 2 N–H and O–H groups in total. The number of pyridine rings is 1. The highest BCUT2D eigenvalue weighted by molar-refractivity contribution is 6.08. The number of nitrogens with one attached hydrogen (secondary N) is 2. The van der Waals surface area contributed by atoms with Crippen molar-refractivity contribution in [2.45, 2.75) is 96.8 Å². The predicted octanol–water partition coefficient (Wildman–Crippen LogP) is 7.75. The van der Waals surface area contributed by atoms with Gasteiger partial charge in [0.1, 0.15) is 5.52 Å². The molecule has 0 spiro atoms. The summed E-state index contributed by atoms with van der Waals surface area (Å²) in [6.07, 6.45) is 1.76. The molecule has 10 heteroatoms. The van der Waals surface area contributed by atoms with Crippen LogP contribution in [-0.4, -0.2) is 64.0 Å². The fraction of sp³-hybridized carbons (Fsp3) is 0.500. The molecule has 1 amide bonds. The van der Waals surface area contributed by atoms with Gasteiger partial charge < -0.3 is 20.1 Å². The van der Waals surface area contributed by atoms with Gasteiger partial charge >= 0.3 is 0 Å². The molecule has 1 saturated carbocycles. The molecular weight excluding hydrogens is 608 g/mol. The second kappa shape index (κ2) is 12.2. The highest BCUT2D eigenvalue weighted by Gasteiger charge is 2.50. The number of carbonyl (C=O) groups excluding carboxylic acids is 1. The average Bonchev–Trinajstić information content (AvgIpc) is 3.74. The minimum absolute atomic E-state index is 0.0500. The number of nitrogens with zero attached hydrogens (tertiary/aromatic N) is 5. The number of aromatic nitrogens is 3. The Labute approximate surface area is 281 Å². The van der Waals surface area contributed by atoms with Crippen molar-refractivity contribution < 1.29 is 13.6 Å². The number of benzene rings is 2. The van der Waals surface area contributed by atoms with E-state index in [1.807, 2.05) is 38.2 Å². The van der Waals surface area contributed by atoms with E-state index >= 15 is 0 Å². The fourth-order valence-corrected chi connectivity index (χ4v) is 7.89. The minimum Gasteiger partial charge on any atom is -0.338 e. The van der Waals surface area contributed by atoms with Gasteiger partial charge in [-0.15, -0.1) is 0 Å². The molecule has 1 saturated heterocycles. The van der Waals surface area contributed by atoms with Gasteiger partial charge in [-0.05, 0) is 115 Å². The maximum absolute atomic E-state index is 13.9. The van der Waals surface area contributed by atoms with Crippen LogP contribution in [0.15, 0.2) is 48.8 Å². The van der Waals surface area contributed by atoms with Crippen molar-refractivity contribution in [3.8, 4) is 11.3 Å². The first-order chi connectivity index (χ1) is 22.9. The van der Waals surface area contributed by atoms with Gasteiger partial charge in [-0.25, -0.2) is 18.7 Å². The van der Waals surface area contributed by atoms with E-state index in [9.17, 15) is 13.6 Å². The smallest absolute Gasteiger partial charge is 0.242 e. The van der Waals surface area contributed by atoms with Gasteiger partial charge in [-0.1, -0.05) is 18.2 Å². The van der Waals surface area contributed by atoms with Crippen LogP contribution < -0.4 is 15.5 Å². The highest BCUT2D eigenvalue weighted by atomic mass is 19.3. The zero-order chi connectivity index (χ0) is 34.1. The number of imidazole rings is 1. The predicted molar refractivity (Wildman–Crippen MR) is 188 cm³/mol. The Morgan fingerprint density at radius 2 is 1.79 bits per heavy atom. The first-order valence-electron chi connectivity index (χ1n) is 17.3. The monoisotopic (exact) mass is 655 g/mol. The summed E-state index contributed by atoms with van der Waals surface area (Å²) >= 11 is 0. The summed E-state index contributed by atoms with van der Waals surface area (Å²) < 4.78 is 28.8. The maximum Gasteiger partial charge on any atom is 0.242 e. The molecule has 2 aromatic heterocycles. The number of carbonyl (C=O) groups is 1. The number of fused-ring (bicyclic) bond motifs is 2. The Kier molecular flexibility index (Phi) is 8.31. The molecule has 1 unspecified atom stereocenters. The second-order valence-electron chi connectivity index (χ2n) is 14.9. The Morgan fingerprint density at radius 3 is 2.48 bits per heavy atom. The number of anilines is 3. The lowest BCUT2D eigenvalue weighted by Crippen LogP contribution is -2.55. The number of likely N-dealkylation sites (tertiary alicyclic amines) is 1. The largest absolute Gasteiger partial charge is 0.338 e. The standard InChI is InChI=1S/C38H47F2N7O/c1-21(2)46-20-42-32-18-31(44-36(34(32)46)43-26-10-8-22(3)29(15-26)23(4)41-7)24-9-11-30-33(14-24)47(37(48)38(30,5)6)28-16-27(17-28)45-13-12-25(19-45)35(39)40/h8-11,14-15,18,20-21,23,25,27-28,35,41H,12-13,16-17,19H2,1-7H3,(H,43,44)/t23?,25-,27?,28?/m1/s1. The van der Waals surface area contributed by atoms with E-state index in [1.54, 1.807) is 0 Å². The Morgan fingerprint density at radius 1 is 1.02 bits per heavy atom. The van der Waals surface area contributed by atoms with Crippen molar-refractivity contribution in [2.75, 3.05) is 30.4 Å². The summed E-state index contributed by atoms with van der Waals surface area (Å²) in [6, 6.07) is 15.3. The van der Waals surface area contributed by atoms with Crippen LogP contribution >= 0.6 is 0 Å². The maximum atomic E-state index is 13.9. The van der Waals surface area contributed by atoms with Gasteiger partial charge in [0, 0.05) is 53.6 Å². The zero-order valence-electron chi connectivity index (χ0n) is 29.0. The van der Waals surface area contributed by atoms with Crippen LogP contribution in [0.3, 0.4) is 0 Å². The molecule has 3 aliphatic rings. The number of amides is 1. The summed E-state index contributed by atoms with van der Waals surface area (Å²) in [4.78, 5) is 28.1. The van der Waals surface area contributed by atoms with Crippen LogP contribution in [0.2, 0.25) is 0 Å². The van der Waals surface area contributed by atoms with Gasteiger partial charge in [-0.3, -0.25) is 9.69 Å². The Hall–Kier alpha value is -3.89. The van der Waals surface area contributed by atoms with E-state index in [1.165, 1.54) is 11.1 Å². The molecule has 7 rings (SSSR count). The van der Waals surface area contributed by atoms with E-state index < -0.39 is 17.8 Å². The molecule has 8 nitrogen and oxygen atoms in total. The summed E-state index contributed by atoms with van der Waals surface area (Å²) in [5.41, 5.74) is 8.13. The van der Waals surface area contributed by atoms with Crippen molar-refractivity contribution >= 4 is 34.1 Å². The minimum atomic E-state index is -2.27.